The van der Waals surface area contributed by atoms with Crippen LogP contribution in [0, 0.1) is 12.7 Å². The molecular weight excluding hydrogens is 393 g/mol. The second kappa shape index (κ2) is 8.41. The van der Waals surface area contributed by atoms with Gasteiger partial charge in [0.1, 0.15) is 11.6 Å². The molecule has 0 spiro atoms. The van der Waals surface area contributed by atoms with Crippen LogP contribution in [-0.4, -0.2) is 51.0 Å². The second-order valence-electron chi connectivity index (χ2n) is 7.82. The number of fused-ring (bicyclic) bond motifs is 1. The Morgan fingerprint density at radius 1 is 1.10 bits per heavy atom. The Kier molecular flexibility index (Phi) is 5.31. The van der Waals surface area contributed by atoms with Crippen LogP contribution >= 0.6 is 0 Å². The van der Waals surface area contributed by atoms with Crippen molar-refractivity contribution in [3.05, 3.63) is 65.9 Å². The zero-order chi connectivity index (χ0) is 21.2. The number of piperazine rings is 1. The Morgan fingerprint density at radius 3 is 2.84 bits per heavy atom. The Labute approximate surface area is 179 Å². The van der Waals surface area contributed by atoms with E-state index in [1.54, 1.807) is 6.07 Å². The van der Waals surface area contributed by atoms with Gasteiger partial charge in [0.25, 0.3) is 0 Å². The van der Waals surface area contributed by atoms with Crippen molar-refractivity contribution in [1.29, 1.82) is 0 Å². The number of imidazole rings is 1. The largest absolute Gasteiger partial charge is 0.324 e. The van der Waals surface area contributed by atoms with E-state index >= 15 is 0 Å². The van der Waals surface area contributed by atoms with Crippen molar-refractivity contribution >= 4 is 22.8 Å². The van der Waals surface area contributed by atoms with Gasteiger partial charge in [-0.25, -0.2) is 14.4 Å². The monoisotopic (exact) mass is 417 g/mol. The van der Waals surface area contributed by atoms with Crippen LogP contribution in [0.5, 0.6) is 0 Å². The predicted octanol–water partition coefficient (Wildman–Crippen LogP) is 3.62. The number of aryl methyl sites for hydroxylation is 1. The molecule has 1 aliphatic rings. The zero-order valence-corrected chi connectivity index (χ0v) is 17.3. The number of aromatic nitrogens is 4. The van der Waals surface area contributed by atoms with E-state index in [0.29, 0.717) is 11.5 Å². The molecule has 1 aliphatic heterocycles. The summed E-state index contributed by atoms with van der Waals surface area (Å²) in [5.41, 5.74) is 4.92. The van der Waals surface area contributed by atoms with Gasteiger partial charge >= 0.3 is 0 Å². The summed E-state index contributed by atoms with van der Waals surface area (Å²) in [6.07, 6.45) is 3.07. The van der Waals surface area contributed by atoms with E-state index in [1.807, 2.05) is 37.4 Å². The standard InChI is InChI=1S/C23H24FN7/c1-15-10-18(19(24)13-27-15)17-2-3-20-21(12-17)29-23(28-20)30-22-11-16(4-5-26-22)14-31-8-6-25-7-9-31/h2-5,10-13,25H,6-9,14H2,1H3,(H2,26,28,29,30). The summed E-state index contributed by atoms with van der Waals surface area (Å²) in [5.74, 6) is 1.00. The number of hydrogen-bond acceptors (Lipinski definition) is 6. The SMILES string of the molecule is Cc1cc(-c2ccc3nc(Nc4cc(CN5CCNCC5)ccn4)[nH]c3c2)c(F)cn1. The van der Waals surface area contributed by atoms with Gasteiger partial charge in [-0.2, -0.15) is 0 Å². The Hall–Kier alpha value is -3.36. The molecule has 1 aromatic carbocycles. The molecule has 0 amide bonds. The molecule has 0 atom stereocenters. The number of H-pyrrole nitrogens is 1. The number of rotatable bonds is 5. The maximum atomic E-state index is 14.2. The number of benzene rings is 1. The fourth-order valence-electron chi connectivity index (χ4n) is 3.89. The summed E-state index contributed by atoms with van der Waals surface area (Å²) >= 11 is 0. The first-order valence-corrected chi connectivity index (χ1v) is 10.4. The van der Waals surface area contributed by atoms with Crippen molar-refractivity contribution < 1.29 is 4.39 Å². The average Bonchev–Trinajstić information content (AvgIpc) is 3.18. The van der Waals surface area contributed by atoms with E-state index in [0.717, 1.165) is 60.8 Å². The molecule has 0 aliphatic carbocycles. The summed E-state index contributed by atoms with van der Waals surface area (Å²) in [4.78, 5) is 18.7. The lowest BCUT2D eigenvalue weighted by Crippen LogP contribution is -2.42. The number of nitrogens with one attached hydrogen (secondary N) is 3. The van der Waals surface area contributed by atoms with Gasteiger partial charge in [-0.1, -0.05) is 6.07 Å². The van der Waals surface area contributed by atoms with Crippen molar-refractivity contribution in [2.24, 2.45) is 0 Å². The summed E-state index contributed by atoms with van der Waals surface area (Å²) in [6, 6.07) is 11.5. The van der Waals surface area contributed by atoms with Crippen molar-refractivity contribution in [2.45, 2.75) is 13.5 Å². The molecule has 4 heterocycles. The molecule has 0 radical (unpaired) electrons. The van der Waals surface area contributed by atoms with Gasteiger partial charge < -0.3 is 15.6 Å². The molecule has 4 aromatic rings. The zero-order valence-electron chi connectivity index (χ0n) is 17.3. The number of halogens is 1. The van der Waals surface area contributed by atoms with Crippen LogP contribution in [0.1, 0.15) is 11.3 Å². The average molecular weight is 417 g/mol. The van der Waals surface area contributed by atoms with E-state index < -0.39 is 0 Å². The highest BCUT2D eigenvalue weighted by Gasteiger charge is 2.12. The molecular formula is C23H24FN7. The number of aromatic amines is 1. The minimum absolute atomic E-state index is 0.340. The van der Waals surface area contributed by atoms with Gasteiger partial charge in [0.05, 0.1) is 17.2 Å². The summed E-state index contributed by atoms with van der Waals surface area (Å²) < 4.78 is 14.2. The molecule has 1 saturated heterocycles. The van der Waals surface area contributed by atoms with E-state index in [2.05, 4.69) is 41.5 Å². The number of nitrogens with zero attached hydrogens (tertiary/aromatic N) is 4. The third kappa shape index (κ3) is 4.40. The first-order valence-electron chi connectivity index (χ1n) is 10.4. The molecule has 31 heavy (non-hydrogen) atoms. The van der Waals surface area contributed by atoms with Crippen LogP contribution in [0.2, 0.25) is 0 Å². The number of pyridine rings is 2. The minimum atomic E-state index is -0.340. The summed E-state index contributed by atoms with van der Waals surface area (Å²) in [6.45, 7) is 6.91. The lowest BCUT2D eigenvalue weighted by molar-refractivity contribution is 0.233. The van der Waals surface area contributed by atoms with Crippen molar-refractivity contribution in [3.63, 3.8) is 0 Å². The third-order valence-corrected chi connectivity index (χ3v) is 5.47. The van der Waals surface area contributed by atoms with E-state index in [9.17, 15) is 4.39 Å². The molecule has 0 unspecified atom stereocenters. The van der Waals surface area contributed by atoms with Crippen LogP contribution in [0.4, 0.5) is 16.2 Å². The fourth-order valence-corrected chi connectivity index (χ4v) is 3.89. The Morgan fingerprint density at radius 2 is 1.97 bits per heavy atom. The van der Waals surface area contributed by atoms with Crippen LogP contribution in [0.25, 0.3) is 22.2 Å². The molecule has 5 rings (SSSR count). The van der Waals surface area contributed by atoms with Crippen LogP contribution in [-0.2, 0) is 6.54 Å². The first-order chi connectivity index (χ1) is 15.1. The maximum Gasteiger partial charge on any atom is 0.206 e. The van der Waals surface area contributed by atoms with Gasteiger partial charge in [-0.3, -0.25) is 9.88 Å². The summed E-state index contributed by atoms with van der Waals surface area (Å²) in [5, 5.41) is 6.63. The third-order valence-electron chi connectivity index (χ3n) is 5.47. The van der Waals surface area contributed by atoms with Gasteiger partial charge in [-0.15, -0.1) is 0 Å². The molecule has 0 bridgehead atoms. The molecule has 7 nitrogen and oxygen atoms in total. The smallest absolute Gasteiger partial charge is 0.206 e. The topological polar surface area (TPSA) is 81.8 Å². The van der Waals surface area contributed by atoms with Crippen LogP contribution < -0.4 is 10.6 Å². The molecule has 0 saturated carbocycles. The van der Waals surface area contributed by atoms with Crippen molar-refractivity contribution in [2.75, 3.05) is 31.5 Å². The highest BCUT2D eigenvalue weighted by Crippen LogP contribution is 2.27. The lowest BCUT2D eigenvalue weighted by Gasteiger charge is -2.27. The lowest BCUT2D eigenvalue weighted by atomic mass is 10.1. The van der Waals surface area contributed by atoms with E-state index in [-0.39, 0.29) is 5.82 Å². The second-order valence-corrected chi connectivity index (χ2v) is 7.82. The molecule has 8 heteroatoms. The molecule has 3 N–H and O–H groups in total. The number of anilines is 2. The Bertz CT molecular complexity index is 1210. The molecule has 1 fully saturated rings. The summed E-state index contributed by atoms with van der Waals surface area (Å²) in [7, 11) is 0. The van der Waals surface area contributed by atoms with Gasteiger partial charge in [0.2, 0.25) is 5.95 Å². The van der Waals surface area contributed by atoms with Gasteiger partial charge in [0.15, 0.2) is 0 Å². The maximum absolute atomic E-state index is 14.2. The first kappa shape index (κ1) is 19.6. The molecule has 3 aromatic heterocycles. The van der Waals surface area contributed by atoms with E-state index in [1.165, 1.54) is 11.8 Å². The van der Waals surface area contributed by atoms with Crippen LogP contribution in [0.3, 0.4) is 0 Å². The van der Waals surface area contributed by atoms with Crippen molar-refractivity contribution in [1.82, 2.24) is 30.2 Å². The van der Waals surface area contributed by atoms with Crippen molar-refractivity contribution in [3.8, 4) is 11.1 Å². The van der Waals surface area contributed by atoms with Crippen LogP contribution in [0.15, 0.2) is 48.8 Å². The highest BCUT2D eigenvalue weighted by molar-refractivity contribution is 5.84. The molecule has 158 valence electrons. The fraction of sp³-hybridized carbons (Fsp3) is 0.261. The quantitative estimate of drug-likeness (QED) is 0.460. The predicted molar refractivity (Wildman–Crippen MR) is 120 cm³/mol. The van der Waals surface area contributed by atoms with Gasteiger partial charge in [-0.05, 0) is 48.4 Å². The highest BCUT2D eigenvalue weighted by atomic mass is 19.1. The Balaban J connectivity index is 1.36. The van der Waals surface area contributed by atoms with Gasteiger partial charge in [0, 0.05) is 50.2 Å². The normalized spacial score (nSPS) is 14.8. The van der Waals surface area contributed by atoms with E-state index in [4.69, 9.17) is 0 Å². The number of hydrogen-bond donors (Lipinski definition) is 3. The minimum Gasteiger partial charge on any atom is -0.324 e.